The zero-order valence-corrected chi connectivity index (χ0v) is 13.7. The summed E-state index contributed by atoms with van der Waals surface area (Å²) in [6.07, 6.45) is 0. The zero-order valence-electron chi connectivity index (χ0n) is 12.1. The van der Waals surface area contributed by atoms with E-state index in [2.05, 4.69) is 0 Å². The first-order valence-corrected chi connectivity index (χ1v) is 8.35. The summed E-state index contributed by atoms with van der Waals surface area (Å²) in [5.74, 6) is -2.41. The van der Waals surface area contributed by atoms with E-state index in [0.29, 0.717) is 17.2 Å². The largest absolute Gasteiger partial charge is 0.868 e. The van der Waals surface area contributed by atoms with E-state index in [9.17, 15) is 33.8 Å². The topological polar surface area (TPSA) is 153 Å². The molecule has 0 radical (unpaired) electrons. The molecular weight excluding hydrogens is 380 g/mol. The van der Waals surface area contributed by atoms with Crippen LogP contribution in [0, 0.1) is 20.2 Å². The number of hydrogen-bond acceptors (Lipinski definition) is 8. The monoisotopic (exact) mass is 387 g/mol. The van der Waals surface area contributed by atoms with E-state index >= 15 is 0 Å². The summed E-state index contributed by atoms with van der Waals surface area (Å²) < 4.78 is 28.8. The van der Waals surface area contributed by atoms with Crippen molar-refractivity contribution < 1.29 is 27.6 Å². The number of halogens is 1. The highest BCUT2D eigenvalue weighted by molar-refractivity contribution is 7.86. The molecule has 2 rings (SSSR count). The molecule has 0 saturated heterocycles. The molecule has 0 unspecified atom stereocenters. The maximum atomic E-state index is 12.0. The molecule has 10 nitrogen and oxygen atoms in total. The molecule has 0 aromatic heterocycles. The standard InChI is InChI=1S/C13H9ClN2O8S/c14-9-1-3-11(4-2-9)24-25(22,23)7-8-5-10(15(18)19)6-12(13(8)17)16(20)21/h1-6,17H,7H2/p-1. The first kappa shape index (κ1) is 18.4. The fourth-order valence-corrected chi connectivity index (χ4v) is 3.05. The van der Waals surface area contributed by atoms with Gasteiger partial charge in [-0.25, -0.2) is 0 Å². The van der Waals surface area contributed by atoms with E-state index in [-0.39, 0.29) is 5.75 Å². The van der Waals surface area contributed by atoms with Gasteiger partial charge < -0.3 is 9.29 Å². The van der Waals surface area contributed by atoms with Crippen molar-refractivity contribution >= 4 is 33.1 Å². The number of nitrogens with zero attached hydrogens (tertiary/aromatic N) is 2. The highest BCUT2D eigenvalue weighted by Crippen LogP contribution is 2.33. The van der Waals surface area contributed by atoms with E-state index in [4.69, 9.17) is 15.8 Å². The first-order valence-electron chi connectivity index (χ1n) is 6.39. The second kappa shape index (κ2) is 6.91. The third kappa shape index (κ3) is 4.55. The van der Waals surface area contributed by atoms with Crippen LogP contribution < -0.4 is 9.29 Å². The Kier molecular flexibility index (Phi) is 5.09. The SMILES string of the molecule is O=[N+]([O-])c1cc(CS(=O)(=O)Oc2ccc(Cl)cc2)c([O-])c([N+](=O)[O-])c1. The Labute approximate surface area is 145 Å². The van der Waals surface area contributed by atoms with Crippen LogP contribution in [0.3, 0.4) is 0 Å². The Balaban J connectivity index is 2.39. The molecule has 0 aliphatic rings. The molecular formula is C13H8ClN2O8S-. The zero-order chi connectivity index (χ0) is 18.8. The van der Waals surface area contributed by atoms with Crippen LogP contribution in [-0.2, 0) is 15.9 Å². The molecule has 0 aliphatic heterocycles. The van der Waals surface area contributed by atoms with Crippen molar-refractivity contribution in [2.45, 2.75) is 5.75 Å². The summed E-state index contributed by atoms with van der Waals surface area (Å²) in [4.78, 5) is 19.6. The minimum atomic E-state index is -4.40. The van der Waals surface area contributed by atoms with Gasteiger partial charge in [0.15, 0.2) is 0 Å². The number of non-ortho nitro benzene ring substituents is 1. The third-order valence-corrected chi connectivity index (χ3v) is 4.27. The highest BCUT2D eigenvalue weighted by atomic mass is 35.5. The average molecular weight is 388 g/mol. The van der Waals surface area contributed by atoms with Crippen molar-refractivity contribution in [3.63, 3.8) is 0 Å². The summed E-state index contributed by atoms with van der Waals surface area (Å²) in [5.41, 5.74) is -2.51. The molecule has 0 N–H and O–H groups in total. The van der Waals surface area contributed by atoms with Crippen LogP contribution in [-0.4, -0.2) is 18.3 Å². The number of hydrogen-bond donors (Lipinski definition) is 0. The lowest BCUT2D eigenvalue weighted by Gasteiger charge is -2.14. The lowest BCUT2D eigenvalue weighted by Crippen LogP contribution is -2.14. The van der Waals surface area contributed by atoms with Crippen LogP contribution >= 0.6 is 11.6 Å². The Bertz CT molecular complexity index is 943. The Morgan fingerprint density at radius 1 is 1.04 bits per heavy atom. The van der Waals surface area contributed by atoms with Crippen LogP contribution in [0.5, 0.6) is 11.5 Å². The molecule has 2 aromatic carbocycles. The molecule has 0 amide bonds. The van der Waals surface area contributed by atoms with Gasteiger partial charge in [0, 0.05) is 11.1 Å². The van der Waals surface area contributed by atoms with Gasteiger partial charge in [-0.1, -0.05) is 11.6 Å². The van der Waals surface area contributed by atoms with E-state index in [0.717, 1.165) is 0 Å². The van der Waals surface area contributed by atoms with Crippen molar-refractivity contribution in [3.8, 4) is 11.5 Å². The lowest BCUT2D eigenvalue weighted by atomic mass is 10.1. The van der Waals surface area contributed by atoms with Gasteiger partial charge in [-0.2, -0.15) is 8.42 Å². The molecule has 0 spiro atoms. The predicted octanol–water partition coefficient (Wildman–Crippen LogP) is 2.14. The second-order valence-electron chi connectivity index (χ2n) is 4.71. The van der Waals surface area contributed by atoms with Gasteiger partial charge in [-0.05, 0) is 35.6 Å². The second-order valence-corrected chi connectivity index (χ2v) is 6.71. The Morgan fingerprint density at radius 2 is 1.64 bits per heavy atom. The molecule has 0 atom stereocenters. The molecule has 2 aromatic rings. The first-order chi connectivity index (χ1) is 11.6. The summed E-state index contributed by atoms with van der Waals surface area (Å²) >= 11 is 5.65. The number of nitro groups is 2. The summed E-state index contributed by atoms with van der Waals surface area (Å²) in [6.45, 7) is 0. The van der Waals surface area contributed by atoms with Gasteiger partial charge in [0.2, 0.25) is 0 Å². The maximum absolute atomic E-state index is 12.0. The van der Waals surface area contributed by atoms with Crippen LogP contribution in [0.4, 0.5) is 11.4 Å². The average Bonchev–Trinajstić information content (AvgIpc) is 2.50. The lowest BCUT2D eigenvalue weighted by molar-refractivity contribution is -0.403. The summed E-state index contributed by atoms with van der Waals surface area (Å²) in [7, 11) is -4.40. The van der Waals surface area contributed by atoms with Crippen LogP contribution in [0.1, 0.15) is 5.56 Å². The van der Waals surface area contributed by atoms with Gasteiger partial charge >= 0.3 is 10.1 Å². The normalized spacial score (nSPS) is 11.1. The van der Waals surface area contributed by atoms with Crippen LogP contribution in [0.25, 0.3) is 0 Å². The number of nitro benzene ring substituents is 2. The minimum absolute atomic E-state index is 0.100. The van der Waals surface area contributed by atoms with Gasteiger partial charge in [0.05, 0.1) is 15.9 Å². The van der Waals surface area contributed by atoms with Crippen LogP contribution in [0.15, 0.2) is 36.4 Å². The summed E-state index contributed by atoms with van der Waals surface area (Å²) in [6, 6.07) is 6.38. The molecule has 25 heavy (non-hydrogen) atoms. The maximum Gasteiger partial charge on any atom is 0.313 e. The number of benzene rings is 2. The van der Waals surface area contributed by atoms with Crippen LogP contribution in [0.2, 0.25) is 5.02 Å². The Morgan fingerprint density at radius 3 is 2.16 bits per heavy atom. The molecule has 132 valence electrons. The van der Waals surface area contributed by atoms with Gasteiger partial charge in [-0.15, -0.1) is 0 Å². The van der Waals surface area contributed by atoms with E-state index in [1.807, 2.05) is 0 Å². The van der Waals surface area contributed by atoms with Crippen molar-refractivity contribution in [1.82, 2.24) is 0 Å². The molecule has 0 aliphatic carbocycles. The van der Waals surface area contributed by atoms with Crippen molar-refractivity contribution in [1.29, 1.82) is 0 Å². The van der Waals surface area contributed by atoms with E-state index < -0.39 is 48.4 Å². The Hall–Kier alpha value is -2.92. The molecule has 12 heteroatoms. The summed E-state index contributed by atoms with van der Waals surface area (Å²) in [5, 5.41) is 33.9. The highest BCUT2D eigenvalue weighted by Gasteiger charge is 2.23. The van der Waals surface area contributed by atoms with Gasteiger partial charge in [0.1, 0.15) is 11.5 Å². The third-order valence-electron chi connectivity index (χ3n) is 2.91. The number of rotatable bonds is 6. The molecule has 0 heterocycles. The van der Waals surface area contributed by atoms with Gasteiger partial charge in [0.25, 0.3) is 11.4 Å². The van der Waals surface area contributed by atoms with Crippen molar-refractivity contribution in [2.24, 2.45) is 0 Å². The molecule has 0 bridgehead atoms. The fourth-order valence-electron chi connectivity index (χ4n) is 1.86. The van der Waals surface area contributed by atoms with Crippen molar-refractivity contribution in [2.75, 3.05) is 0 Å². The van der Waals surface area contributed by atoms with E-state index in [1.165, 1.54) is 24.3 Å². The van der Waals surface area contributed by atoms with Crippen molar-refractivity contribution in [3.05, 3.63) is 67.2 Å². The quantitative estimate of drug-likeness (QED) is 0.415. The molecule has 0 fully saturated rings. The smallest absolute Gasteiger partial charge is 0.313 e. The van der Waals surface area contributed by atoms with E-state index in [1.54, 1.807) is 0 Å². The fraction of sp³-hybridized carbons (Fsp3) is 0.0769. The molecule has 0 saturated carbocycles. The predicted molar refractivity (Wildman–Crippen MR) is 83.9 cm³/mol. The van der Waals surface area contributed by atoms with Gasteiger partial charge in [-0.3, -0.25) is 20.2 Å². The minimum Gasteiger partial charge on any atom is -0.868 e.